The third-order valence-corrected chi connectivity index (χ3v) is 2.56. The van der Waals surface area contributed by atoms with E-state index in [-0.39, 0.29) is 23.4 Å². The number of nitrogens with zero attached hydrogens (tertiary/aromatic N) is 1. The van der Waals surface area contributed by atoms with Gasteiger partial charge in [-0.25, -0.2) is 4.39 Å². The molecule has 0 aliphatic carbocycles. The number of hydrogen-bond acceptors (Lipinski definition) is 4. The van der Waals surface area contributed by atoms with Gasteiger partial charge in [0.2, 0.25) is 5.91 Å². The smallest absolute Gasteiger partial charge is 0.295 e. The van der Waals surface area contributed by atoms with E-state index in [1.54, 1.807) is 13.8 Å². The number of amides is 1. The van der Waals surface area contributed by atoms with Crippen LogP contribution in [-0.4, -0.2) is 16.4 Å². The molecule has 6 nitrogen and oxygen atoms in total. The topological polar surface area (TPSA) is 98.3 Å². The van der Waals surface area contributed by atoms with Gasteiger partial charge in [0.25, 0.3) is 5.69 Å². The second-order valence-electron chi connectivity index (χ2n) is 5.03. The van der Waals surface area contributed by atoms with Crippen LogP contribution in [-0.2, 0) is 4.79 Å². The standard InChI is InChI=1S/C12H16FN3O3/c1-7-4-9(10(16(18)19)5-8(7)13)15-12(2,3)6-11(14)17/h4-5,15H,6H2,1-3H3,(H2,14,17). The van der Waals surface area contributed by atoms with Gasteiger partial charge in [-0.2, -0.15) is 0 Å². The number of nitro benzene ring substituents is 1. The zero-order valence-electron chi connectivity index (χ0n) is 11.0. The molecule has 1 amide bonds. The van der Waals surface area contributed by atoms with Crippen molar-refractivity contribution in [2.75, 3.05) is 5.32 Å². The number of nitro groups is 1. The lowest BCUT2D eigenvalue weighted by molar-refractivity contribution is -0.384. The van der Waals surface area contributed by atoms with Crippen LogP contribution in [0.2, 0.25) is 0 Å². The van der Waals surface area contributed by atoms with Gasteiger partial charge in [0.15, 0.2) is 0 Å². The van der Waals surface area contributed by atoms with Gasteiger partial charge in [-0.15, -0.1) is 0 Å². The summed E-state index contributed by atoms with van der Waals surface area (Å²) in [5, 5.41) is 13.8. The van der Waals surface area contributed by atoms with Crippen LogP contribution in [0.4, 0.5) is 15.8 Å². The van der Waals surface area contributed by atoms with E-state index >= 15 is 0 Å². The van der Waals surface area contributed by atoms with Crippen molar-refractivity contribution in [2.24, 2.45) is 5.73 Å². The van der Waals surface area contributed by atoms with Gasteiger partial charge in [0, 0.05) is 12.0 Å². The van der Waals surface area contributed by atoms with E-state index in [4.69, 9.17) is 5.73 Å². The lowest BCUT2D eigenvalue weighted by atomic mass is 9.99. The zero-order valence-corrected chi connectivity index (χ0v) is 11.0. The summed E-state index contributed by atoms with van der Waals surface area (Å²) >= 11 is 0. The van der Waals surface area contributed by atoms with Gasteiger partial charge >= 0.3 is 0 Å². The highest BCUT2D eigenvalue weighted by Crippen LogP contribution is 2.30. The van der Waals surface area contributed by atoms with E-state index in [9.17, 15) is 19.3 Å². The summed E-state index contributed by atoms with van der Waals surface area (Å²) in [5.74, 6) is -1.18. The lowest BCUT2D eigenvalue weighted by Gasteiger charge is -2.26. The molecule has 104 valence electrons. The van der Waals surface area contributed by atoms with Gasteiger partial charge < -0.3 is 11.1 Å². The molecular formula is C12H16FN3O3. The van der Waals surface area contributed by atoms with Crippen molar-refractivity contribution < 1.29 is 14.1 Å². The van der Waals surface area contributed by atoms with Crippen LogP contribution in [0.5, 0.6) is 0 Å². The van der Waals surface area contributed by atoms with Crippen molar-refractivity contribution in [3.63, 3.8) is 0 Å². The number of anilines is 1. The Morgan fingerprint density at radius 3 is 2.58 bits per heavy atom. The maximum Gasteiger partial charge on any atom is 0.295 e. The van der Waals surface area contributed by atoms with E-state index in [0.29, 0.717) is 0 Å². The second kappa shape index (κ2) is 5.21. The summed E-state index contributed by atoms with van der Waals surface area (Å²) in [4.78, 5) is 21.2. The lowest BCUT2D eigenvalue weighted by Crippen LogP contribution is -2.36. The summed E-state index contributed by atoms with van der Waals surface area (Å²) in [6.07, 6.45) is 0.000574. The molecule has 1 aromatic carbocycles. The predicted molar refractivity (Wildman–Crippen MR) is 69.3 cm³/mol. The molecular weight excluding hydrogens is 253 g/mol. The van der Waals surface area contributed by atoms with Crippen LogP contribution in [0.3, 0.4) is 0 Å². The Bertz CT molecular complexity index is 529. The van der Waals surface area contributed by atoms with Crippen LogP contribution in [0.25, 0.3) is 0 Å². The van der Waals surface area contributed by atoms with Crippen molar-refractivity contribution in [3.05, 3.63) is 33.6 Å². The molecule has 0 aliphatic rings. The molecule has 0 atom stereocenters. The van der Waals surface area contributed by atoms with Crippen molar-refractivity contribution >= 4 is 17.3 Å². The van der Waals surface area contributed by atoms with Gasteiger partial charge in [-0.1, -0.05) is 0 Å². The molecule has 0 bridgehead atoms. The molecule has 0 aromatic heterocycles. The molecule has 1 rings (SSSR count). The maximum atomic E-state index is 13.4. The minimum Gasteiger partial charge on any atom is -0.374 e. The Labute approximate surface area is 109 Å². The number of hydrogen-bond donors (Lipinski definition) is 2. The number of primary amides is 1. The average molecular weight is 269 g/mol. The number of nitrogens with one attached hydrogen (secondary N) is 1. The van der Waals surface area contributed by atoms with E-state index in [1.165, 1.54) is 13.0 Å². The summed E-state index contributed by atoms with van der Waals surface area (Å²) in [5.41, 5.74) is 4.42. The number of nitrogens with two attached hydrogens (primary N) is 1. The van der Waals surface area contributed by atoms with Crippen molar-refractivity contribution in [1.29, 1.82) is 0 Å². The molecule has 0 fully saturated rings. The highest BCUT2D eigenvalue weighted by molar-refractivity contribution is 5.76. The molecule has 7 heteroatoms. The Morgan fingerprint density at radius 1 is 1.53 bits per heavy atom. The number of carbonyl (C=O) groups excluding carboxylic acids is 1. The fraction of sp³-hybridized carbons (Fsp3) is 0.417. The SMILES string of the molecule is Cc1cc(NC(C)(C)CC(N)=O)c([N+](=O)[O-])cc1F. The summed E-state index contributed by atoms with van der Waals surface area (Å²) < 4.78 is 13.4. The van der Waals surface area contributed by atoms with Crippen LogP contribution >= 0.6 is 0 Å². The number of aryl methyl sites for hydroxylation is 1. The quantitative estimate of drug-likeness (QED) is 0.631. The summed E-state index contributed by atoms with van der Waals surface area (Å²) in [7, 11) is 0. The second-order valence-corrected chi connectivity index (χ2v) is 5.03. The molecule has 0 saturated heterocycles. The third-order valence-electron chi connectivity index (χ3n) is 2.56. The number of rotatable bonds is 5. The largest absolute Gasteiger partial charge is 0.374 e. The Kier molecular flexibility index (Phi) is 4.08. The van der Waals surface area contributed by atoms with E-state index in [0.717, 1.165) is 6.07 Å². The van der Waals surface area contributed by atoms with Gasteiger partial charge in [-0.3, -0.25) is 14.9 Å². The molecule has 1 aromatic rings. The van der Waals surface area contributed by atoms with Crippen LogP contribution in [0, 0.1) is 22.9 Å². The van der Waals surface area contributed by atoms with E-state index in [1.807, 2.05) is 0 Å². The fourth-order valence-corrected chi connectivity index (χ4v) is 1.77. The predicted octanol–water partition coefficient (Wildman–Crippen LogP) is 2.11. The Balaban J connectivity index is 3.16. The van der Waals surface area contributed by atoms with Gasteiger partial charge in [0.1, 0.15) is 11.5 Å². The molecule has 19 heavy (non-hydrogen) atoms. The maximum absolute atomic E-state index is 13.4. The first-order chi connectivity index (χ1) is 8.62. The van der Waals surface area contributed by atoms with Crippen LogP contribution in [0.1, 0.15) is 25.8 Å². The Hall–Kier alpha value is -2.18. The minimum absolute atomic E-state index is 0.000574. The molecule has 0 spiro atoms. The van der Waals surface area contributed by atoms with Gasteiger partial charge in [-0.05, 0) is 32.4 Å². The first kappa shape index (κ1) is 14.9. The van der Waals surface area contributed by atoms with Crippen LogP contribution < -0.4 is 11.1 Å². The van der Waals surface area contributed by atoms with Crippen molar-refractivity contribution in [2.45, 2.75) is 32.7 Å². The molecule has 0 unspecified atom stereocenters. The highest BCUT2D eigenvalue weighted by atomic mass is 19.1. The highest BCUT2D eigenvalue weighted by Gasteiger charge is 2.25. The molecule has 3 N–H and O–H groups in total. The normalized spacial score (nSPS) is 11.2. The summed E-state index contributed by atoms with van der Waals surface area (Å²) in [6, 6.07) is 2.20. The Morgan fingerprint density at radius 2 is 2.11 bits per heavy atom. The van der Waals surface area contributed by atoms with Crippen LogP contribution in [0.15, 0.2) is 12.1 Å². The monoisotopic (exact) mass is 269 g/mol. The van der Waals surface area contributed by atoms with E-state index in [2.05, 4.69) is 5.32 Å². The fourth-order valence-electron chi connectivity index (χ4n) is 1.77. The van der Waals surface area contributed by atoms with Crippen molar-refractivity contribution in [3.8, 4) is 0 Å². The van der Waals surface area contributed by atoms with Gasteiger partial charge in [0.05, 0.1) is 11.0 Å². The molecule has 0 saturated carbocycles. The molecule has 0 radical (unpaired) electrons. The average Bonchev–Trinajstić information content (AvgIpc) is 2.19. The first-order valence-electron chi connectivity index (χ1n) is 5.63. The number of carbonyl (C=O) groups is 1. The zero-order chi connectivity index (χ0) is 14.8. The summed E-state index contributed by atoms with van der Waals surface area (Å²) in [6.45, 7) is 4.87. The molecule has 0 heterocycles. The number of benzene rings is 1. The van der Waals surface area contributed by atoms with E-state index < -0.39 is 22.2 Å². The third kappa shape index (κ3) is 3.90. The van der Waals surface area contributed by atoms with Crippen molar-refractivity contribution in [1.82, 2.24) is 0 Å². The number of halogens is 1. The molecule has 0 aliphatic heterocycles. The first-order valence-corrected chi connectivity index (χ1v) is 5.63. The minimum atomic E-state index is -0.763.